The second-order valence-electron chi connectivity index (χ2n) is 3.51. The van der Waals surface area contributed by atoms with E-state index in [9.17, 15) is 9.59 Å². The van der Waals surface area contributed by atoms with Gasteiger partial charge in [0.25, 0.3) is 0 Å². The Morgan fingerprint density at radius 3 is 3.00 bits per heavy atom. The van der Waals surface area contributed by atoms with Gasteiger partial charge in [0.1, 0.15) is 6.04 Å². The summed E-state index contributed by atoms with van der Waals surface area (Å²) in [6, 6.07) is 3.11. The number of carboxylic acids is 1. The number of carbonyl (C=O) groups excluding carboxylic acids is 1. The maximum atomic E-state index is 11.8. The van der Waals surface area contributed by atoms with Crippen LogP contribution in [0.2, 0.25) is 0 Å². The van der Waals surface area contributed by atoms with Gasteiger partial charge in [-0.05, 0) is 17.5 Å². The van der Waals surface area contributed by atoms with Crippen LogP contribution in [0.5, 0.6) is 0 Å². The molecule has 1 fully saturated rings. The van der Waals surface area contributed by atoms with Crippen molar-refractivity contribution in [2.45, 2.75) is 6.04 Å². The van der Waals surface area contributed by atoms with E-state index in [2.05, 4.69) is 0 Å². The van der Waals surface area contributed by atoms with Gasteiger partial charge in [0.2, 0.25) is 5.91 Å². The molecule has 90 valence electrons. The highest BCUT2D eigenvalue weighted by atomic mass is 32.2. The Morgan fingerprint density at radius 2 is 2.35 bits per heavy atom. The number of carboxylic acid groups (broad SMARTS) is 1. The molecule has 1 aromatic heterocycles. The van der Waals surface area contributed by atoms with Gasteiger partial charge < -0.3 is 10.0 Å². The smallest absolute Gasteiger partial charge is 0.327 e. The Balaban J connectivity index is 2.02. The van der Waals surface area contributed by atoms with E-state index in [1.54, 1.807) is 6.08 Å². The molecule has 1 aliphatic rings. The summed E-state index contributed by atoms with van der Waals surface area (Å²) in [5.74, 6) is -0.262. The van der Waals surface area contributed by atoms with Gasteiger partial charge in [-0.15, -0.1) is 23.1 Å². The fourth-order valence-electron chi connectivity index (χ4n) is 1.50. The first-order valence-corrected chi connectivity index (χ1v) is 7.04. The van der Waals surface area contributed by atoms with Crippen LogP contribution < -0.4 is 0 Å². The summed E-state index contributed by atoms with van der Waals surface area (Å²) >= 11 is 3.00. The van der Waals surface area contributed by atoms with Crippen molar-refractivity contribution in [2.24, 2.45) is 0 Å². The molecular formula is C11H11NO3S2. The third-order valence-electron chi connectivity index (χ3n) is 2.38. The highest BCUT2D eigenvalue weighted by Crippen LogP contribution is 2.21. The minimum absolute atomic E-state index is 0.240. The lowest BCUT2D eigenvalue weighted by Crippen LogP contribution is -2.40. The highest BCUT2D eigenvalue weighted by molar-refractivity contribution is 7.99. The summed E-state index contributed by atoms with van der Waals surface area (Å²) in [4.78, 5) is 25.1. The van der Waals surface area contributed by atoms with Crippen LogP contribution in [0.25, 0.3) is 6.08 Å². The van der Waals surface area contributed by atoms with E-state index in [1.165, 1.54) is 34.1 Å². The number of thiophene rings is 1. The average Bonchev–Trinajstić information content (AvgIpc) is 2.96. The second kappa shape index (κ2) is 5.37. The molecule has 0 bridgehead atoms. The number of nitrogens with zero attached hydrogens (tertiary/aromatic N) is 1. The summed E-state index contributed by atoms with van der Waals surface area (Å²) in [6.07, 6.45) is 3.16. The lowest BCUT2D eigenvalue weighted by atomic mass is 10.3. The number of rotatable bonds is 3. The van der Waals surface area contributed by atoms with Crippen LogP contribution >= 0.6 is 23.1 Å². The number of hydrogen-bond donors (Lipinski definition) is 1. The largest absolute Gasteiger partial charge is 0.480 e. The van der Waals surface area contributed by atoms with Crippen LogP contribution in [-0.4, -0.2) is 39.6 Å². The standard InChI is InChI=1S/C11H11NO3S2/c13-10(4-3-8-2-1-5-17-8)12-7-16-6-9(12)11(14)15/h1-5,9H,6-7H2,(H,14,15)/b4-3+. The van der Waals surface area contributed by atoms with Crippen LogP contribution in [0.1, 0.15) is 4.88 Å². The lowest BCUT2D eigenvalue weighted by molar-refractivity contribution is -0.146. The van der Waals surface area contributed by atoms with Crippen LogP contribution in [0, 0.1) is 0 Å². The van der Waals surface area contributed by atoms with Crippen molar-refractivity contribution in [3.8, 4) is 0 Å². The maximum absolute atomic E-state index is 11.8. The van der Waals surface area contributed by atoms with Gasteiger partial charge in [0.15, 0.2) is 0 Å². The van der Waals surface area contributed by atoms with Crippen molar-refractivity contribution in [1.29, 1.82) is 0 Å². The maximum Gasteiger partial charge on any atom is 0.327 e. The summed E-state index contributed by atoms with van der Waals surface area (Å²) in [7, 11) is 0. The fraction of sp³-hybridized carbons (Fsp3) is 0.273. The Labute approximate surface area is 107 Å². The van der Waals surface area contributed by atoms with Gasteiger partial charge in [0.05, 0.1) is 5.88 Å². The van der Waals surface area contributed by atoms with Crippen molar-refractivity contribution in [2.75, 3.05) is 11.6 Å². The van der Waals surface area contributed by atoms with E-state index < -0.39 is 12.0 Å². The molecule has 1 aliphatic heterocycles. The highest BCUT2D eigenvalue weighted by Gasteiger charge is 2.33. The van der Waals surface area contributed by atoms with Crippen molar-refractivity contribution >= 4 is 41.1 Å². The summed E-state index contributed by atoms with van der Waals surface area (Å²) < 4.78 is 0. The van der Waals surface area contributed by atoms with E-state index in [4.69, 9.17) is 5.11 Å². The first-order chi connectivity index (χ1) is 8.18. The predicted molar refractivity (Wildman–Crippen MR) is 68.9 cm³/mol. The van der Waals surface area contributed by atoms with Gasteiger partial charge in [0, 0.05) is 16.7 Å². The van der Waals surface area contributed by atoms with Gasteiger partial charge in [-0.1, -0.05) is 6.07 Å². The first kappa shape index (κ1) is 12.2. The van der Waals surface area contributed by atoms with Crippen molar-refractivity contribution in [1.82, 2.24) is 4.90 Å². The molecule has 2 rings (SSSR count). The van der Waals surface area contributed by atoms with Crippen LogP contribution in [0.3, 0.4) is 0 Å². The topological polar surface area (TPSA) is 57.6 Å². The third kappa shape index (κ3) is 2.89. The zero-order valence-corrected chi connectivity index (χ0v) is 10.5. The number of amides is 1. The zero-order valence-electron chi connectivity index (χ0n) is 8.91. The summed E-state index contributed by atoms with van der Waals surface area (Å²) in [6.45, 7) is 0. The molecule has 1 amide bonds. The molecule has 1 atom stereocenters. The monoisotopic (exact) mass is 269 g/mol. The molecule has 1 N–H and O–H groups in total. The number of carbonyl (C=O) groups is 2. The number of hydrogen-bond acceptors (Lipinski definition) is 4. The minimum atomic E-state index is -0.937. The fourth-order valence-corrected chi connectivity index (χ4v) is 3.27. The van der Waals surface area contributed by atoms with E-state index in [1.807, 2.05) is 17.5 Å². The molecule has 0 radical (unpaired) electrons. The third-order valence-corrected chi connectivity index (χ3v) is 4.23. The molecule has 4 nitrogen and oxygen atoms in total. The molecule has 1 unspecified atom stereocenters. The number of aliphatic carboxylic acids is 1. The van der Waals surface area contributed by atoms with Gasteiger partial charge >= 0.3 is 5.97 Å². The van der Waals surface area contributed by atoms with Crippen molar-refractivity contribution < 1.29 is 14.7 Å². The molecule has 17 heavy (non-hydrogen) atoms. The average molecular weight is 269 g/mol. The molecule has 1 aromatic rings. The molecular weight excluding hydrogens is 258 g/mol. The predicted octanol–water partition coefficient (Wildman–Crippen LogP) is 1.75. The number of thioether (sulfide) groups is 1. The Morgan fingerprint density at radius 1 is 1.53 bits per heavy atom. The molecule has 1 saturated heterocycles. The van der Waals surface area contributed by atoms with Gasteiger partial charge in [-0.2, -0.15) is 0 Å². The quantitative estimate of drug-likeness (QED) is 0.849. The first-order valence-electron chi connectivity index (χ1n) is 5.01. The van der Waals surface area contributed by atoms with Gasteiger partial charge in [-0.3, -0.25) is 4.79 Å². The second-order valence-corrected chi connectivity index (χ2v) is 5.49. The van der Waals surface area contributed by atoms with E-state index >= 15 is 0 Å². The Bertz CT molecular complexity index is 442. The molecule has 2 heterocycles. The van der Waals surface area contributed by atoms with E-state index in [0.29, 0.717) is 11.6 Å². The SMILES string of the molecule is O=C(O)C1CSCN1C(=O)/C=C/c1cccs1. The Hall–Kier alpha value is -1.27. The molecule has 0 aromatic carbocycles. The van der Waals surface area contributed by atoms with E-state index in [0.717, 1.165) is 4.88 Å². The van der Waals surface area contributed by atoms with Gasteiger partial charge in [-0.25, -0.2) is 4.79 Å². The summed E-state index contributed by atoms with van der Waals surface area (Å²) in [5, 5.41) is 10.9. The minimum Gasteiger partial charge on any atom is -0.480 e. The normalized spacial score (nSPS) is 20.0. The van der Waals surface area contributed by atoms with Crippen LogP contribution in [0.4, 0.5) is 0 Å². The van der Waals surface area contributed by atoms with E-state index in [-0.39, 0.29) is 5.91 Å². The molecule has 0 aliphatic carbocycles. The Kier molecular flexibility index (Phi) is 3.86. The molecule has 0 saturated carbocycles. The van der Waals surface area contributed by atoms with Crippen molar-refractivity contribution in [3.05, 3.63) is 28.5 Å². The van der Waals surface area contributed by atoms with Crippen molar-refractivity contribution in [3.63, 3.8) is 0 Å². The van der Waals surface area contributed by atoms with Crippen LogP contribution in [-0.2, 0) is 9.59 Å². The molecule has 6 heteroatoms. The van der Waals surface area contributed by atoms with Crippen LogP contribution in [0.15, 0.2) is 23.6 Å². The molecule has 0 spiro atoms. The summed E-state index contributed by atoms with van der Waals surface area (Å²) in [5.41, 5.74) is 0. The lowest BCUT2D eigenvalue weighted by Gasteiger charge is -2.18. The zero-order chi connectivity index (χ0) is 12.3.